The number of carbonyl (C=O) groups is 1. The summed E-state index contributed by atoms with van der Waals surface area (Å²) in [4.78, 5) is 25.1. The van der Waals surface area contributed by atoms with E-state index in [1.54, 1.807) is 6.92 Å². The molecule has 5 unspecified atom stereocenters. The first-order valence-corrected chi connectivity index (χ1v) is 61.3. The van der Waals surface area contributed by atoms with Crippen molar-refractivity contribution in [2.75, 3.05) is 203 Å². The Balaban J connectivity index is 0.000000407. The summed E-state index contributed by atoms with van der Waals surface area (Å²) in [6.45, 7) is 115. The van der Waals surface area contributed by atoms with Crippen molar-refractivity contribution in [1.82, 2.24) is 82.6 Å². The van der Waals surface area contributed by atoms with Crippen LogP contribution in [-0.4, -0.2) is 289 Å². The molecular weight excluding hydrogens is 1810 g/mol. The molecule has 848 valence electrons. The number of likely N-dealkylation sites (tertiary alicyclic amines) is 6. The Morgan fingerprint density at radius 3 is 0.931 bits per heavy atom. The van der Waals surface area contributed by atoms with E-state index in [4.69, 9.17) is 10.4 Å². The molecule has 9 atom stereocenters. The number of carbonyl (C=O) groups excluding carboxylic acids is 1. The summed E-state index contributed by atoms with van der Waals surface area (Å²) < 4.78 is 11.6. The molecule has 9 aliphatic carbocycles. The number of nitriles is 1. The molecule has 7 saturated heterocycles. The first-order chi connectivity index (χ1) is 67.8. The lowest BCUT2D eigenvalue weighted by Crippen LogP contribution is -2.73. The summed E-state index contributed by atoms with van der Waals surface area (Å²) in [7, 11) is 4.76. The number of aliphatic hydroxyl groups is 1. The van der Waals surface area contributed by atoms with E-state index in [9.17, 15) is 9.00 Å². The van der Waals surface area contributed by atoms with Gasteiger partial charge in [-0.25, -0.2) is 0 Å². The lowest BCUT2D eigenvalue weighted by Gasteiger charge is -2.67. The zero-order valence-electron chi connectivity index (χ0n) is 101. The number of nitrogens with zero attached hydrogens (tertiary/aromatic N) is 7. The topological polar surface area (TPSA) is 218 Å². The van der Waals surface area contributed by atoms with Crippen LogP contribution in [0.3, 0.4) is 0 Å². The Morgan fingerprint density at radius 1 is 0.400 bits per heavy atom. The van der Waals surface area contributed by atoms with E-state index in [2.05, 4.69) is 337 Å². The number of likely N-dealkylation sites (N-methyl/N-ethyl adjacent to an activating group) is 3. The van der Waals surface area contributed by atoms with Crippen LogP contribution in [0.1, 0.15) is 348 Å². The molecule has 0 aromatic carbocycles. The average Bonchev–Trinajstić information content (AvgIpc) is 1.68. The minimum atomic E-state index is -1.69. The Kier molecular flexibility index (Phi) is 65.3. The number of nitrogens with one attached hydrogen (secondary N) is 10. The van der Waals surface area contributed by atoms with Gasteiger partial charge in [-0.05, 0) is 367 Å². The van der Waals surface area contributed by atoms with Crippen molar-refractivity contribution < 1.29 is 14.1 Å². The van der Waals surface area contributed by atoms with Gasteiger partial charge in [0.25, 0.3) is 0 Å². The standard InChI is InChI=1S/C11H22N2O.3C11H22N2.3C11H21N.C10H16N2.C10H21NOS.C9H19NO.C9H17N.C9H19N/c1-9(2)7-12-8-11-5-4-6-13(11)10(3)14;3*1-9(2)7-12-8-11-6-5-10(3)13(11)4;3*1-9(2)7-12-8-11-5-4-10(3)6-11;1-8(2)3-12-10-4-9(5-10,6-10)7-11;1-9(2)6-11-7-10-4-5-13(3,12)8-10;1-8(2)4-10-5-9(3,6-10)7-11;1-7(2)6-10-9-3-8(4-9)5-9;1-8(2)5-10-6-9(3,4)7-10/h9,11-12H,4-8H2,1-3H3;3*9,11-12H,3,5-8H2,1-2,4H3;3*9,11-12H,3-8H2,1-2H3;8,12H,3-6H2,1-2H3;9-11H,3-8H2,1-2H3;8,11H,4-7H2,1-3H3;7-8,10H,3-6H2,1-2H3;8H,5-7H2,1-4H3/t;2*11-;;2*11-;;;;;;/m.10.10....../s1. The van der Waals surface area contributed by atoms with Crippen LogP contribution >= 0.6 is 0 Å². The van der Waals surface area contributed by atoms with Crippen molar-refractivity contribution in [2.24, 2.45) is 117 Å². The third-order valence-corrected chi connectivity index (χ3v) is 33.1. The fourth-order valence-electron chi connectivity index (χ4n) is 22.5. The summed E-state index contributed by atoms with van der Waals surface area (Å²) in [6.07, 6.45) is 30.0. The molecule has 0 radical (unpaired) electrons. The summed E-state index contributed by atoms with van der Waals surface area (Å²) in [5, 5.41) is 52.8. The average molecular weight is 2050 g/mol. The number of rotatable bonds is 43. The number of amides is 1. The Morgan fingerprint density at radius 2 is 0.697 bits per heavy atom. The molecule has 11 N–H and O–H groups in total. The molecule has 145 heavy (non-hydrogen) atoms. The van der Waals surface area contributed by atoms with Crippen molar-refractivity contribution in [3.05, 3.63) is 73.3 Å². The van der Waals surface area contributed by atoms with E-state index >= 15 is 0 Å². The van der Waals surface area contributed by atoms with Crippen LogP contribution < -0.4 is 53.2 Å². The molecule has 21 heteroatoms. The van der Waals surface area contributed by atoms with E-state index in [1.807, 2.05) is 4.90 Å². The van der Waals surface area contributed by atoms with E-state index in [1.165, 1.54) is 202 Å². The molecule has 7 aliphatic heterocycles. The summed E-state index contributed by atoms with van der Waals surface area (Å²) >= 11 is 0. The number of aliphatic hydroxyl groups excluding tert-OH is 1. The van der Waals surface area contributed by atoms with Crippen LogP contribution in [0.5, 0.6) is 0 Å². The smallest absolute Gasteiger partial charge is 0.219 e. The molecular formula is C124H243N17O3S. The van der Waals surface area contributed by atoms with Crippen molar-refractivity contribution in [3.63, 3.8) is 0 Å². The van der Waals surface area contributed by atoms with Crippen LogP contribution in [0.25, 0.3) is 0 Å². The molecule has 7 heterocycles. The third kappa shape index (κ3) is 58.4. The maximum Gasteiger partial charge on any atom is 0.219 e. The molecule has 0 spiro atoms. The molecule has 1 amide bonds. The maximum absolute atomic E-state index is 11.6. The second-order valence-electron chi connectivity index (χ2n) is 54.4. The van der Waals surface area contributed by atoms with E-state index in [0.29, 0.717) is 65.0 Å². The molecule has 20 nitrogen and oxygen atoms in total. The van der Waals surface area contributed by atoms with Crippen molar-refractivity contribution in [3.8, 4) is 6.07 Å². The van der Waals surface area contributed by atoms with Crippen LogP contribution in [0.4, 0.5) is 0 Å². The monoisotopic (exact) mass is 2050 g/mol. The van der Waals surface area contributed by atoms with Gasteiger partial charge in [-0.1, -0.05) is 243 Å². The highest BCUT2D eigenvalue weighted by atomic mass is 32.2. The molecule has 0 aromatic heterocycles. The predicted molar refractivity (Wildman–Crippen MR) is 636 cm³/mol. The SMILES string of the molecule is C=C1CCC(CNCC(C)C)C1.C=C1CCC(CNCC(C)C)N1C.C=C1CC[C@@H](CNCC(C)C)C1.C=C1CC[C@@H](CNCC(C)C)N1C.C=C1CC[C@H](CNCC(C)C)C1.C=C1CC[C@H](CNCC(C)C)N1C.C=S1(=O)CCC(CNCC(C)C)C1.CC(=O)N1CCCC1CNCC(C)C.CC(C)CN1CC(C)(C)C1.CC(C)CN1CC(C)(CO)C1.CC(C)CNC12CC(C#N)(C1)C2.CC(C)CNC12CC(C1)C2. The minimum absolute atomic E-state index is 0.101. The third-order valence-electron chi connectivity index (χ3n) is 31.0. The van der Waals surface area contributed by atoms with E-state index < -0.39 is 9.52 Å². The summed E-state index contributed by atoms with van der Waals surface area (Å²) in [5.74, 6) is 19.0. The highest BCUT2D eigenvalue weighted by Gasteiger charge is 2.68. The van der Waals surface area contributed by atoms with Gasteiger partial charge >= 0.3 is 0 Å². The van der Waals surface area contributed by atoms with Gasteiger partial charge in [0.05, 0.1) is 18.1 Å². The maximum atomic E-state index is 11.6. The van der Waals surface area contributed by atoms with Gasteiger partial charge in [-0.3, -0.25) is 9.00 Å². The largest absolute Gasteiger partial charge is 0.396 e. The second kappa shape index (κ2) is 69.9. The molecule has 16 aliphatic rings. The molecule has 16 rings (SSSR count). The number of hydrogen-bond acceptors (Lipinski definition) is 19. The molecule has 16 fully saturated rings. The van der Waals surface area contributed by atoms with Gasteiger partial charge in [-0.2, -0.15) is 5.26 Å². The highest BCUT2D eigenvalue weighted by Crippen LogP contribution is 2.66. The van der Waals surface area contributed by atoms with Gasteiger partial charge < -0.3 is 87.7 Å². The van der Waals surface area contributed by atoms with Gasteiger partial charge in [0.1, 0.15) is 0 Å². The van der Waals surface area contributed by atoms with Gasteiger partial charge in [0, 0.05) is 169 Å². The number of allylic oxidation sites excluding steroid dienone is 6. The summed E-state index contributed by atoms with van der Waals surface area (Å²) in [5.41, 5.74) is 10.2. The first kappa shape index (κ1) is 135. The van der Waals surface area contributed by atoms with Crippen molar-refractivity contribution >= 4 is 21.3 Å². The van der Waals surface area contributed by atoms with Crippen LogP contribution in [-0.2, 0) is 14.3 Å². The molecule has 9 saturated carbocycles. The fraction of sp³-hybridized carbons (Fsp3) is 0.879. The number of hydrogen-bond donors (Lipinski definition) is 11. The van der Waals surface area contributed by atoms with E-state index in [0.717, 1.165) is 244 Å². The van der Waals surface area contributed by atoms with Crippen molar-refractivity contribution in [2.45, 2.75) is 383 Å². The molecule has 0 aromatic rings. The first-order valence-electron chi connectivity index (χ1n) is 59.3. The lowest BCUT2D eigenvalue weighted by molar-refractivity contribution is -0.129. The quantitative estimate of drug-likeness (QED) is 0.0202. The lowest BCUT2D eigenvalue weighted by atomic mass is 9.40. The zero-order chi connectivity index (χ0) is 109. The highest BCUT2D eigenvalue weighted by molar-refractivity contribution is 8.00. The van der Waals surface area contributed by atoms with Crippen LogP contribution in [0.2, 0.25) is 0 Å². The van der Waals surface area contributed by atoms with Gasteiger partial charge in [-0.15, -0.1) is 0 Å². The second-order valence-corrected chi connectivity index (χ2v) is 57.0. The van der Waals surface area contributed by atoms with Crippen LogP contribution in [0.15, 0.2) is 73.3 Å². The minimum Gasteiger partial charge on any atom is -0.396 e. The predicted octanol–water partition coefficient (Wildman–Crippen LogP) is 21.9. The fourth-order valence-corrected chi connectivity index (χ4v) is 24.5. The summed E-state index contributed by atoms with van der Waals surface area (Å²) in [6, 6.07) is 4.87. The van der Waals surface area contributed by atoms with Crippen molar-refractivity contribution in [1.29, 1.82) is 5.26 Å². The Labute approximate surface area is 899 Å². The molecule has 4 bridgehead atoms. The Bertz CT molecular complexity index is 3490. The van der Waals surface area contributed by atoms with Gasteiger partial charge in [0.2, 0.25) is 5.91 Å². The zero-order valence-corrected chi connectivity index (χ0v) is 102. The van der Waals surface area contributed by atoms with Gasteiger partial charge in [0.15, 0.2) is 0 Å². The van der Waals surface area contributed by atoms with Crippen LogP contribution in [0, 0.1) is 128 Å². The Hall–Kier alpha value is -3.70. The normalized spacial score (nSPS) is 27.4. The van der Waals surface area contributed by atoms with E-state index in [-0.39, 0.29) is 16.7 Å².